The van der Waals surface area contributed by atoms with Crippen molar-refractivity contribution in [1.82, 2.24) is 0 Å². The first kappa shape index (κ1) is 8.83. The summed E-state index contributed by atoms with van der Waals surface area (Å²) in [5, 5.41) is 0. The van der Waals surface area contributed by atoms with E-state index in [0.717, 1.165) is 11.8 Å². The minimum atomic E-state index is 0. The molecule has 0 aromatic heterocycles. The van der Waals surface area contributed by atoms with Crippen LogP contribution in [-0.2, 0) is 0 Å². The van der Waals surface area contributed by atoms with Crippen LogP contribution in [0.25, 0.3) is 0 Å². The Morgan fingerprint density at radius 3 is 2.82 bits per heavy atom. The van der Waals surface area contributed by atoms with Gasteiger partial charge >= 0.3 is 0 Å². The highest BCUT2D eigenvalue weighted by Gasteiger charge is 2.20. The molecule has 0 aliphatic heterocycles. The van der Waals surface area contributed by atoms with Crippen LogP contribution in [0.4, 0.5) is 0 Å². The van der Waals surface area contributed by atoms with E-state index in [1.807, 2.05) is 0 Å². The monoisotopic (exact) mass is 150 g/mol. The fraction of sp³-hybridized carbons (Fsp3) is 0.727. The molecular formula is C11H18. The Kier molecular flexibility index (Phi) is 3.16. The van der Waals surface area contributed by atoms with Gasteiger partial charge in [0.15, 0.2) is 0 Å². The van der Waals surface area contributed by atoms with Crippen LogP contribution >= 0.6 is 0 Å². The molecule has 62 valence electrons. The molecule has 2 unspecified atom stereocenters. The summed E-state index contributed by atoms with van der Waals surface area (Å²) in [5.74, 6) is 2.01. The standard InChI is InChI=1S/C10H16.CH2/c1-2-5-10-7-3-6-9(4-1)8-10;/h3,6,9-10H,1-2,4-5,7-8H2;1H2. The lowest BCUT2D eigenvalue weighted by molar-refractivity contribution is 0.404. The highest BCUT2D eigenvalue weighted by molar-refractivity contribution is 4.97. The van der Waals surface area contributed by atoms with E-state index in [4.69, 9.17) is 0 Å². The summed E-state index contributed by atoms with van der Waals surface area (Å²) in [4.78, 5) is 0. The van der Waals surface area contributed by atoms with Gasteiger partial charge in [-0.05, 0) is 31.1 Å². The zero-order chi connectivity index (χ0) is 6.81. The summed E-state index contributed by atoms with van der Waals surface area (Å²) in [6, 6.07) is 0. The van der Waals surface area contributed by atoms with Gasteiger partial charge in [-0.15, -0.1) is 0 Å². The molecule has 2 aliphatic carbocycles. The van der Waals surface area contributed by atoms with Crippen molar-refractivity contribution in [2.24, 2.45) is 11.8 Å². The average Bonchev–Trinajstić information content (AvgIpc) is 2.12. The first-order valence-electron chi connectivity index (χ1n) is 4.62. The van der Waals surface area contributed by atoms with Crippen molar-refractivity contribution < 1.29 is 0 Å². The van der Waals surface area contributed by atoms with Gasteiger partial charge in [-0.1, -0.05) is 38.8 Å². The van der Waals surface area contributed by atoms with Gasteiger partial charge in [-0.3, -0.25) is 0 Å². The molecule has 11 heavy (non-hydrogen) atoms. The van der Waals surface area contributed by atoms with Crippen LogP contribution in [0.2, 0.25) is 0 Å². The number of hydrogen-bond acceptors (Lipinski definition) is 0. The van der Waals surface area contributed by atoms with Crippen LogP contribution in [0, 0.1) is 19.3 Å². The normalized spacial score (nSPS) is 35.6. The Balaban J connectivity index is 0.000000605. The Morgan fingerprint density at radius 1 is 1.09 bits per heavy atom. The topological polar surface area (TPSA) is 0 Å². The van der Waals surface area contributed by atoms with Crippen LogP contribution in [0.5, 0.6) is 0 Å². The van der Waals surface area contributed by atoms with Gasteiger partial charge in [0.05, 0.1) is 0 Å². The molecule has 0 amide bonds. The highest BCUT2D eigenvalue weighted by atomic mass is 14.3. The van der Waals surface area contributed by atoms with E-state index in [9.17, 15) is 0 Å². The SMILES string of the molecule is C1=CC2CCCCC(C1)C2.[CH2]. The van der Waals surface area contributed by atoms with Crippen molar-refractivity contribution >= 4 is 0 Å². The summed E-state index contributed by atoms with van der Waals surface area (Å²) >= 11 is 0. The molecule has 2 rings (SSSR count). The summed E-state index contributed by atoms with van der Waals surface area (Å²) in [5.41, 5.74) is 0. The molecule has 2 bridgehead atoms. The van der Waals surface area contributed by atoms with Crippen molar-refractivity contribution in [1.29, 1.82) is 0 Å². The molecule has 0 aromatic rings. The van der Waals surface area contributed by atoms with Gasteiger partial charge in [-0.2, -0.15) is 0 Å². The van der Waals surface area contributed by atoms with E-state index in [2.05, 4.69) is 12.2 Å². The third kappa shape index (κ3) is 2.08. The minimum Gasteiger partial charge on any atom is -0.0880 e. The van der Waals surface area contributed by atoms with Crippen LogP contribution in [0.1, 0.15) is 38.5 Å². The Bertz CT molecular complexity index is 135. The molecule has 1 fully saturated rings. The van der Waals surface area contributed by atoms with Crippen LogP contribution in [0.15, 0.2) is 12.2 Å². The van der Waals surface area contributed by atoms with Crippen molar-refractivity contribution in [3.63, 3.8) is 0 Å². The lowest BCUT2D eigenvalue weighted by atomic mass is 9.86. The minimum absolute atomic E-state index is 0. The van der Waals surface area contributed by atoms with E-state index in [1.54, 1.807) is 0 Å². The predicted molar refractivity (Wildman–Crippen MR) is 49.2 cm³/mol. The fourth-order valence-electron chi connectivity index (χ4n) is 2.36. The average molecular weight is 150 g/mol. The molecule has 0 aromatic carbocycles. The summed E-state index contributed by atoms with van der Waals surface area (Å²) in [6.07, 6.45) is 13.7. The Hall–Kier alpha value is -0.260. The first-order chi connectivity index (χ1) is 4.95. The van der Waals surface area contributed by atoms with E-state index in [0.29, 0.717) is 0 Å². The third-order valence-corrected chi connectivity index (χ3v) is 2.95. The van der Waals surface area contributed by atoms with Gasteiger partial charge in [0.2, 0.25) is 0 Å². The second-order valence-corrected chi connectivity index (χ2v) is 3.81. The molecule has 0 saturated heterocycles. The maximum Gasteiger partial charge on any atom is -0.0231 e. The highest BCUT2D eigenvalue weighted by Crippen LogP contribution is 2.33. The number of rotatable bonds is 0. The smallest absolute Gasteiger partial charge is 0.0231 e. The maximum absolute atomic E-state index is 2.45. The van der Waals surface area contributed by atoms with Crippen LogP contribution < -0.4 is 0 Å². The molecular weight excluding hydrogens is 132 g/mol. The Morgan fingerprint density at radius 2 is 1.91 bits per heavy atom. The second kappa shape index (κ2) is 3.94. The van der Waals surface area contributed by atoms with Gasteiger partial charge in [0.1, 0.15) is 0 Å². The van der Waals surface area contributed by atoms with Crippen molar-refractivity contribution in [3.05, 3.63) is 19.6 Å². The molecule has 0 spiro atoms. The lowest BCUT2D eigenvalue weighted by Gasteiger charge is -2.20. The molecule has 1 saturated carbocycles. The molecule has 0 heterocycles. The molecule has 0 heteroatoms. The summed E-state index contributed by atoms with van der Waals surface area (Å²) < 4.78 is 0. The molecule has 0 N–H and O–H groups in total. The van der Waals surface area contributed by atoms with Crippen LogP contribution in [0.3, 0.4) is 0 Å². The van der Waals surface area contributed by atoms with Gasteiger partial charge < -0.3 is 0 Å². The summed E-state index contributed by atoms with van der Waals surface area (Å²) in [6.45, 7) is 0. The number of fused-ring (bicyclic) bond motifs is 2. The molecule has 0 nitrogen and oxygen atoms in total. The largest absolute Gasteiger partial charge is 0.0880 e. The van der Waals surface area contributed by atoms with Crippen molar-refractivity contribution in [2.45, 2.75) is 38.5 Å². The van der Waals surface area contributed by atoms with E-state index < -0.39 is 0 Å². The molecule has 2 atom stereocenters. The zero-order valence-electron chi connectivity index (χ0n) is 7.26. The van der Waals surface area contributed by atoms with E-state index in [-0.39, 0.29) is 7.43 Å². The van der Waals surface area contributed by atoms with Gasteiger partial charge in [0.25, 0.3) is 0 Å². The van der Waals surface area contributed by atoms with E-state index in [1.165, 1.54) is 38.5 Å². The zero-order valence-corrected chi connectivity index (χ0v) is 7.26. The second-order valence-electron chi connectivity index (χ2n) is 3.81. The first-order valence-corrected chi connectivity index (χ1v) is 4.62. The van der Waals surface area contributed by atoms with Crippen molar-refractivity contribution in [2.75, 3.05) is 0 Å². The summed E-state index contributed by atoms with van der Waals surface area (Å²) in [7, 11) is 0. The van der Waals surface area contributed by atoms with Crippen molar-refractivity contribution in [3.8, 4) is 0 Å². The molecule has 2 radical (unpaired) electrons. The lowest BCUT2D eigenvalue weighted by Crippen LogP contribution is -2.07. The van der Waals surface area contributed by atoms with Gasteiger partial charge in [-0.25, -0.2) is 0 Å². The van der Waals surface area contributed by atoms with E-state index >= 15 is 0 Å². The molecule has 2 aliphatic rings. The predicted octanol–water partition coefficient (Wildman–Crippen LogP) is 3.47. The van der Waals surface area contributed by atoms with Gasteiger partial charge in [0, 0.05) is 0 Å². The Labute approximate surface area is 70.7 Å². The maximum atomic E-state index is 2.45. The van der Waals surface area contributed by atoms with Crippen LogP contribution in [-0.4, -0.2) is 0 Å². The quantitative estimate of drug-likeness (QED) is 0.464. The number of hydrogen-bond donors (Lipinski definition) is 0. The fourth-order valence-corrected chi connectivity index (χ4v) is 2.36. The number of allylic oxidation sites excluding steroid dienone is 2. The third-order valence-electron chi connectivity index (χ3n) is 2.95.